The van der Waals surface area contributed by atoms with Crippen LogP contribution in [0.4, 0.5) is 0 Å². The third-order valence-electron chi connectivity index (χ3n) is 3.36. The molecule has 0 spiro atoms. The number of amides is 1. The van der Waals surface area contributed by atoms with E-state index < -0.39 is 5.97 Å². The van der Waals surface area contributed by atoms with E-state index in [2.05, 4.69) is 6.58 Å². The first-order valence-electron chi connectivity index (χ1n) is 6.21. The average Bonchev–Trinajstić information content (AvgIpc) is 2.83. The largest absolute Gasteiger partial charge is 0.481 e. The van der Waals surface area contributed by atoms with E-state index >= 15 is 0 Å². The second-order valence-electron chi connectivity index (χ2n) is 4.61. The van der Waals surface area contributed by atoms with Crippen LogP contribution < -0.4 is 0 Å². The van der Waals surface area contributed by atoms with Crippen molar-refractivity contribution in [2.24, 2.45) is 11.8 Å². The number of carbonyl (C=O) groups is 2. The minimum Gasteiger partial charge on any atom is -0.481 e. The molecule has 1 N–H and O–H groups in total. The minimum absolute atomic E-state index is 0.0238. The second kappa shape index (κ2) is 7.16. The van der Waals surface area contributed by atoms with E-state index in [4.69, 9.17) is 9.84 Å². The van der Waals surface area contributed by atoms with Gasteiger partial charge in [0.05, 0.1) is 12.5 Å². The third kappa shape index (κ3) is 3.84. The number of hydrogen-bond acceptors (Lipinski definition) is 3. The number of hydrogen-bond donors (Lipinski definition) is 1. The smallest absolute Gasteiger partial charge is 0.306 e. The third-order valence-corrected chi connectivity index (χ3v) is 3.36. The summed E-state index contributed by atoms with van der Waals surface area (Å²) >= 11 is 0. The Hall–Kier alpha value is -1.36. The van der Waals surface area contributed by atoms with Crippen LogP contribution in [0.25, 0.3) is 0 Å². The molecule has 102 valence electrons. The lowest BCUT2D eigenvalue weighted by atomic mass is 10.0. The van der Waals surface area contributed by atoms with Crippen molar-refractivity contribution in [3.63, 3.8) is 0 Å². The molecule has 0 aromatic rings. The Morgan fingerprint density at radius 1 is 1.44 bits per heavy atom. The van der Waals surface area contributed by atoms with E-state index in [1.54, 1.807) is 18.1 Å². The van der Waals surface area contributed by atoms with Gasteiger partial charge in [0.1, 0.15) is 0 Å². The van der Waals surface area contributed by atoms with Crippen molar-refractivity contribution in [3.05, 3.63) is 12.7 Å². The molecule has 0 unspecified atom stereocenters. The molecule has 1 aliphatic rings. The van der Waals surface area contributed by atoms with Gasteiger partial charge in [0.2, 0.25) is 5.91 Å². The summed E-state index contributed by atoms with van der Waals surface area (Å²) in [6.45, 7) is 5.12. The lowest BCUT2D eigenvalue weighted by Crippen LogP contribution is -2.38. The first kappa shape index (κ1) is 14.7. The van der Waals surface area contributed by atoms with Crippen LogP contribution in [0.5, 0.6) is 0 Å². The van der Waals surface area contributed by atoms with Crippen molar-refractivity contribution in [1.29, 1.82) is 0 Å². The van der Waals surface area contributed by atoms with Gasteiger partial charge >= 0.3 is 5.97 Å². The molecule has 1 aliphatic carbocycles. The van der Waals surface area contributed by atoms with Crippen molar-refractivity contribution in [1.82, 2.24) is 4.90 Å². The van der Waals surface area contributed by atoms with Crippen LogP contribution in [-0.4, -0.2) is 48.7 Å². The average molecular weight is 255 g/mol. The molecule has 2 atom stereocenters. The van der Waals surface area contributed by atoms with Gasteiger partial charge in [-0.1, -0.05) is 6.08 Å². The molecule has 5 heteroatoms. The van der Waals surface area contributed by atoms with Gasteiger partial charge in [0.25, 0.3) is 0 Å². The van der Waals surface area contributed by atoms with Crippen molar-refractivity contribution < 1.29 is 19.4 Å². The summed E-state index contributed by atoms with van der Waals surface area (Å²) in [7, 11) is 1.59. The monoisotopic (exact) mass is 255 g/mol. The highest BCUT2D eigenvalue weighted by molar-refractivity contribution is 5.81. The zero-order valence-electron chi connectivity index (χ0n) is 10.8. The summed E-state index contributed by atoms with van der Waals surface area (Å²) in [5.41, 5.74) is 0. The fraction of sp³-hybridized carbons (Fsp3) is 0.692. The molecule has 1 amide bonds. The molecule has 0 aromatic carbocycles. The molecule has 0 radical (unpaired) electrons. The highest BCUT2D eigenvalue weighted by Gasteiger charge is 2.35. The van der Waals surface area contributed by atoms with E-state index in [0.717, 1.165) is 0 Å². The van der Waals surface area contributed by atoms with Crippen molar-refractivity contribution >= 4 is 11.9 Å². The van der Waals surface area contributed by atoms with Gasteiger partial charge in [-0.15, -0.1) is 6.58 Å². The number of aliphatic carboxylic acids is 1. The molecule has 1 saturated carbocycles. The summed E-state index contributed by atoms with van der Waals surface area (Å²) in [6, 6.07) is 0. The standard InChI is InChI=1S/C13H21NO4/c1-3-6-14(7-8-18-2)12(15)10-4-5-11(9-10)13(16)17/h3,10-11H,1,4-9H2,2H3,(H,16,17)/t10-,11+/m1/s1. The van der Waals surface area contributed by atoms with E-state index in [1.807, 2.05) is 0 Å². The van der Waals surface area contributed by atoms with Gasteiger partial charge < -0.3 is 14.7 Å². The number of carbonyl (C=O) groups excluding carboxylic acids is 1. The first-order valence-corrected chi connectivity index (χ1v) is 6.21. The zero-order chi connectivity index (χ0) is 13.5. The fourth-order valence-electron chi connectivity index (χ4n) is 2.34. The topological polar surface area (TPSA) is 66.8 Å². The molecule has 5 nitrogen and oxygen atoms in total. The fourth-order valence-corrected chi connectivity index (χ4v) is 2.34. The molecule has 0 heterocycles. The molecule has 0 bridgehead atoms. The van der Waals surface area contributed by atoms with Gasteiger partial charge in [-0.25, -0.2) is 0 Å². The van der Waals surface area contributed by atoms with E-state index in [9.17, 15) is 9.59 Å². The second-order valence-corrected chi connectivity index (χ2v) is 4.61. The van der Waals surface area contributed by atoms with Crippen LogP contribution in [-0.2, 0) is 14.3 Å². The quantitative estimate of drug-likeness (QED) is 0.693. The maximum atomic E-state index is 12.2. The number of nitrogens with zero attached hydrogens (tertiary/aromatic N) is 1. The maximum absolute atomic E-state index is 12.2. The van der Waals surface area contributed by atoms with Gasteiger partial charge in [0.15, 0.2) is 0 Å². The molecule has 1 rings (SSSR count). The van der Waals surface area contributed by atoms with Crippen LogP contribution in [0.3, 0.4) is 0 Å². The van der Waals surface area contributed by atoms with E-state index in [1.165, 1.54) is 0 Å². The van der Waals surface area contributed by atoms with E-state index in [-0.39, 0.29) is 17.7 Å². The Balaban J connectivity index is 2.55. The summed E-state index contributed by atoms with van der Waals surface area (Å²) in [5, 5.41) is 8.94. The molecular weight excluding hydrogens is 234 g/mol. The Bertz CT molecular complexity index is 316. The number of rotatable bonds is 7. The SMILES string of the molecule is C=CCN(CCOC)C(=O)[C@@H]1CC[C@H](C(=O)O)C1. The van der Waals surface area contributed by atoms with Crippen LogP contribution in [0.15, 0.2) is 12.7 Å². The number of methoxy groups -OCH3 is 1. The zero-order valence-corrected chi connectivity index (χ0v) is 10.8. The molecule has 0 aromatic heterocycles. The van der Waals surface area contributed by atoms with Gasteiger partial charge in [0, 0.05) is 26.1 Å². The summed E-state index contributed by atoms with van der Waals surface area (Å²) in [4.78, 5) is 24.8. The first-order chi connectivity index (χ1) is 8.60. The summed E-state index contributed by atoms with van der Waals surface area (Å²) < 4.78 is 4.97. The molecular formula is C13H21NO4. The normalized spacial score (nSPS) is 22.7. The van der Waals surface area contributed by atoms with Gasteiger partial charge in [-0.2, -0.15) is 0 Å². The lowest BCUT2D eigenvalue weighted by Gasteiger charge is -2.24. The van der Waals surface area contributed by atoms with Crippen LogP contribution in [0.2, 0.25) is 0 Å². The Morgan fingerprint density at radius 3 is 2.61 bits per heavy atom. The van der Waals surface area contributed by atoms with Crippen LogP contribution in [0, 0.1) is 11.8 Å². The van der Waals surface area contributed by atoms with Crippen molar-refractivity contribution in [3.8, 4) is 0 Å². The maximum Gasteiger partial charge on any atom is 0.306 e. The van der Waals surface area contributed by atoms with Crippen molar-refractivity contribution in [2.45, 2.75) is 19.3 Å². The summed E-state index contributed by atoms with van der Waals surface area (Å²) in [5.74, 6) is -1.30. The van der Waals surface area contributed by atoms with Crippen LogP contribution in [0.1, 0.15) is 19.3 Å². The minimum atomic E-state index is -0.794. The summed E-state index contributed by atoms with van der Waals surface area (Å²) in [6.07, 6.45) is 3.39. The molecule has 0 aliphatic heterocycles. The Morgan fingerprint density at radius 2 is 2.11 bits per heavy atom. The lowest BCUT2D eigenvalue weighted by molar-refractivity contribution is -0.141. The van der Waals surface area contributed by atoms with Gasteiger partial charge in [-0.05, 0) is 19.3 Å². The molecule has 0 saturated heterocycles. The number of ether oxygens (including phenoxy) is 1. The van der Waals surface area contributed by atoms with Crippen molar-refractivity contribution in [2.75, 3.05) is 26.8 Å². The van der Waals surface area contributed by atoms with Gasteiger partial charge in [-0.3, -0.25) is 9.59 Å². The number of carboxylic acids is 1. The number of carboxylic acid groups (broad SMARTS) is 1. The van der Waals surface area contributed by atoms with E-state index in [0.29, 0.717) is 39.0 Å². The van der Waals surface area contributed by atoms with Crippen LogP contribution >= 0.6 is 0 Å². The predicted molar refractivity (Wildman–Crippen MR) is 67.1 cm³/mol. The molecule has 1 fully saturated rings. The molecule has 18 heavy (non-hydrogen) atoms. The highest BCUT2D eigenvalue weighted by Crippen LogP contribution is 2.32. The Kier molecular flexibility index (Phi) is 5.85. The Labute approximate surface area is 107 Å². The predicted octanol–water partition coefficient (Wildman–Crippen LogP) is 1.15. The highest BCUT2D eigenvalue weighted by atomic mass is 16.5.